The Morgan fingerprint density at radius 3 is 2.65 bits per heavy atom. The topological polar surface area (TPSA) is 56.0 Å². The summed E-state index contributed by atoms with van der Waals surface area (Å²) in [6.07, 6.45) is 1.54. The first-order chi connectivity index (χ1) is 9.61. The highest BCUT2D eigenvalue weighted by atomic mass is 32.1. The first-order valence-electron chi connectivity index (χ1n) is 6.58. The number of aryl methyl sites for hydroxylation is 1. The number of benzene rings is 1. The van der Waals surface area contributed by atoms with E-state index in [0.717, 1.165) is 24.9 Å². The largest absolute Gasteiger partial charge is 0.508 e. The molecule has 0 spiro atoms. The van der Waals surface area contributed by atoms with E-state index in [0.29, 0.717) is 0 Å². The standard InChI is InChI=1S/C16H18N2OS/c1-16(12-17,18-11-15-3-2-10-20-15)9-8-13-4-6-14(19)7-5-13/h2-7,10,18-19H,8-9,11H2,1H3. The summed E-state index contributed by atoms with van der Waals surface area (Å²) in [6.45, 7) is 2.65. The number of rotatable bonds is 6. The fraction of sp³-hybridized carbons (Fsp3) is 0.312. The summed E-state index contributed by atoms with van der Waals surface area (Å²) >= 11 is 1.69. The molecule has 1 aromatic carbocycles. The monoisotopic (exact) mass is 286 g/mol. The lowest BCUT2D eigenvalue weighted by atomic mass is 9.94. The van der Waals surface area contributed by atoms with Crippen molar-refractivity contribution in [2.75, 3.05) is 0 Å². The second-order valence-corrected chi connectivity index (χ2v) is 6.08. The summed E-state index contributed by atoms with van der Waals surface area (Å²) in [4.78, 5) is 1.23. The van der Waals surface area contributed by atoms with Crippen molar-refractivity contribution in [2.45, 2.75) is 31.8 Å². The van der Waals surface area contributed by atoms with Gasteiger partial charge in [0, 0.05) is 11.4 Å². The Bertz CT molecular complexity index is 572. The van der Waals surface area contributed by atoms with Crippen molar-refractivity contribution in [2.24, 2.45) is 0 Å². The third-order valence-corrected chi connectivity index (χ3v) is 4.21. The highest BCUT2D eigenvalue weighted by Crippen LogP contribution is 2.17. The van der Waals surface area contributed by atoms with Crippen LogP contribution in [0.25, 0.3) is 0 Å². The number of aromatic hydroxyl groups is 1. The van der Waals surface area contributed by atoms with Crippen LogP contribution in [-0.2, 0) is 13.0 Å². The van der Waals surface area contributed by atoms with Gasteiger partial charge in [-0.15, -0.1) is 11.3 Å². The highest BCUT2D eigenvalue weighted by Gasteiger charge is 2.22. The first kappa shape index (κ1) is 14.6. The zero-order chi connectivity index (χ0) is 14.4. The van der Waals surface area contributed by atoms with Crippen LogP contribution in [-0.4, -0.2) is 10.6 Å². The molecule has 2 N–H and O–H groups in total. The molecule has 0 aliphatic heterocycles. The molecule has 2 rings (SSSR count). The minimum absolute atomic E-state index is 0.271. The van der Waals surface area contributed by atoms with Gasteiger partial charge in [-0.3, -0.25) is 5.32 Å². The van der Waals surface area contributed by atoms with E-state index in [2.05, 4.69) is 17.5 Å². The summed E-state index contributed by atoms with van der Waals surface area (Å²) in [5.41, 5.74) is 0.587. The first-order valence-corrected chi connectivity index (χ1v) is 7.46. The summed E-state index contributed by atoms with van der Waals surface area (Å²) in [5, 5.41) is 24.0. The fourth-order valence-electron chi connectivity index (χ4n) is 1.94. The Balaban J connectivity index is 1.90. The average Bonchev–Trinajstić information content (AvgIpc) is 2.98. The van der Waals surface area contributed by atoms with Crippen molar-refractivity contribution in [3.8, 4) is 11.8 Å². The van der Waals surface area contributed by atoms with Crippen molar-refractivity contribution in [3.63, 3.8) is 0 Å². The third kappa shape index (κ3) is 4.09. The quantitative estimate of drug-likeness (QED) is 0.855. The number of phenolic OH excluding ortho intramolecular Hbond substituents is 1. The van der Waals surface area contributed by atoms with Crippen LogP contribution in [0.2, 0.25) is 0 Å². The van der Waals surface area contributed by atoms with Crippen LogP contribution < -0.4 is 5.32 Å². The number of nitrogens with zero attached hydrogens (tertiary/aromatic N) is 1. The molecule has 1 unspecified atom stereocenters. The van der Waals surface area contributed by atoms with Gasteiger partial charge in [0.15, 0.2) is 0 Å². The van der Waals surface area contributed by atoms with Gasteiger partial charge >= 0.3 is 0 Å². The lowest BCUT2D eigenvalue weighted by molar-refractivity contribution is 0.418. The molecule has 0 amide bonds. The van der Waals surface area contributed by atoms with Gasteiger partial charge in [0.2, 0.25) is 0 Å². The Kier molecular flexibility index (Phi) is 4.78. The molecule has 0 bridgehead atoms. The lowest BCUT2D eigenvalue weighted by Gasteiger charge is -2.23. The van der Waals surface area contributed by atoms with Gasteiger partial charge in [-0.05, 0) is 48.9 Å². The molecule has 20 heavy (non-hydrogen) atoms. The minimum Gasteiger partial charge on any atom is -0.508 e. The van der Waals surface area contributed by atoms with E-state index in [1.54, 1.807) is 23.5 Å². The van der Waals surface area contributed by atoms with E-state index in [4.69, 9.17) is 0 Å². The fourth-order valence-corrected chi connectivity index (χ4v) is 2.58. The van der Waals surface area contributed by atoms with Crippen LogP contribution in [0.5, 0.6) is 5.75 Å². The number of phenols is 1. The van der Waals surface area contributed by atoms with Crippen molar-refractivity contribution >= 4 is 11.3 Å². The normalized spacial score (nSPS) is 13.6. The van der Waals surface area contributed by atoms with Gasteiger partial charge in [-0.2, -0.15) is 5.26 Å². The highest BCUT2D eigenvalue weighted by molar-refractivity contribution is 7.09. The minimum atomic E-state index is -0.540. The van der Waals surface area contributed by atoms with Crippen molar-refractivity contribution in [3.05, 3.63) is 52.2 Å². The zero-order valence-electron chi connectivity index (χ0n) is 11.5. The summed E-state index contributed by atoms with van der Waals surface area (Å²) in [5.74, 6) is 0.271. The summed E-state index contributed by atoms with van der Waals surface area (Å²) in [7, 11) is 0. The second kappa shape index (κ2) is 6.56. The number of hydrogen-bond acceptors (Lipinski definition) is 4. The maximum Gasteiger partial charge on any atom is 0.115 e. The maximum atomic E-state index is 9.39. The van der Waals surface area contributed by atoms with Gasteiger partial charge in [0.25, 0.3) is 0 Å². The molecule has 0 aliphatic carbocycles. The predicted octanol–water partition coefficient (Wildman–Crippen LogP) is 3.46. The Hall–Kier alpha value is -1.83. The molecule has 104 valence electrons. The van der Waals surface area contributed by atoms with E-state index in [-0.39, 0.29) is 5.75 Å². The Morgan fingerprint density at radius 1 is 1.30 bits per heavy atom. The van der Waals surface area contributed by atoms with Crippen LogP contribution in [0.3, 0.4) is 0 Å². The maximum absolute atomic E-state index is 9.39. The molecule has 1 aromatic heterocycles. The van der Waals surface area contributed by atoms with Crippen LogP contribution in [0, 0.1) is 11.3 Å². The van der Waals surface area contributed by atoms with Crippen LogP contribution in [0.4, 0.5) is 0 Å². The van der Waals surface area contributed by atoms with E-state index >= 15 is 0 Å². The summed E-state index contributed by atoms with van der Waals surface area (Å²) in [6, 6.07) is 13.6. The Labute approximate surface area is 123 Å². The molecular weight excluding hydrogens is 268 g/mol. The van der Waals surface area contributed by atoms with Gasteiger partial charge in [-0.25, -0.2) is 0 Å². The molecule has 0 saturated heterocycles. The smallest absolute Gasteiger partial charge is 0.115 e. The molecule has 0 saturated carbocycles. The van der Waals surface area contributed by atoms with Crippen LogP contribution in [0.15, 0.2) is 41.8 Å². The molecular formula is C16H18N2OS. The van der Waals surface area contributed by atoms with Gasteiger partial charge in [-0.1, -0.05) is 18.2 Å². The average molecular weight is 286 g/mol. The number of nitriles is 1. The molecule has 3 nitrogen and oxygen atoms in total. The van der Waals surface area contributed by atoms with Crippen molar-refractivity contribution in [1.82, 2.24) is 5.32 Å². The number of nitrogens with one attached hydrogen (secondary N) is 1. The molecule has 1 heterocycles. The van der Waals surface area contributed by atoms with E-state index in [9.17, 15) is 10.4 Å². The Morgan fingerprint density at radius 2 is 2.05 bits per heavy atom. The van der Waals surface area contributed by atoms with E-state index in [1.807, 2.05) is 30.5 Å². The zero-order valence-corrected chi connectivity index (χ0v) is 12.3. The van der Waals surface area contributed by atoms with Gasteiger partial charge < -0.3 is 5.11 Å². The lowest BCUT2D eigenvalue weighted by Crippen LogP contribution is -2.40. The molecule has 1 atom stereocenters. The van der Waals surface area contributed by atoms with E-state index in [1.165, 1.54) is 4.88 Å². The molecule has 0 fully saturated rings. The molecule has 4 heteroatoms. The van der Waals surface area contributed by atoms with Crippen molar-refractivity contribution < 1.29 is 5.11 Å². The predicted molar refractivity (Wildman–Crippen MR) is 81.6 cm³/mol. The summed E-state index contributed by atoms with van der Waals surface area (Å²) < 4.78 is 0. The second-order valence-electron chi connectivity index (χ2n) is 5.04. The third-order valence-electron chi connectivity index (χ3n) is 3.33. The SMILES string of the molecule is CC(C#N)(CCc1ccc(O)cc1)NCc1cccs1. The molecule has 0 aliphatic rings. The van der Waals surface area contributed by atoms with Crippen molar-refractivity contribution in [1.29, 1.82) is 5.26 Å². The van der Waals surface area contributed by atoms with Crippen LogP contribution >= 0.6 is 11.3 Å². The molecule has 0 radical (unpaired) electrons. The van der Waals surface area contributed by atoms with Gasteiger partial charge in [0.1, 0.15) is 11.3 Å². The van der Waals surface area contributed by atoms with Gasteiger partial charge in [0.05, 0.1) is 6.07 Å². The molecule has 2 aromatic rings. The number of hydrogen-bond donors (Lipinski definition) is 2. The van der Waals surface area contributed by atoms with Crippen LogP contribution in [0.1, 0.15) is 23.8 Å². The van der Waals surface area contributed by atoms with E-state index < -0.39 is 5.54 Å². The number of thiophene rings is 1.